The van der Waals surface area contributed by atoms with Crippen LogP contribution in [0.1, 0.15) is 66.8 Å². The predicted molar refractivity (Wildman–Crippen MR) is 84.1 cm³/mol. The van der Waals surface area contributed by atoms with Gasteiger partial charge in [0.2, 0.25) is 0 Å². The largest absolute Gasteiger partial charge is 0.468 e. The van der Waals surface area contributed by atoms with Crippen LogP contribution in [0.5, 0.6) is 0 Å². The molecule has 19 heavy (non-hydrogen) atoms. The van der Waals surface area contributed by atoms with Crippen LogP contribution < -0.4 is 0 Å². The van der Waals surface area contributed by atoms with Gasteiger partial charge in [0.15, 0.2) is 0 Å². The molecule has 0 aliphatic rings. The zero-order valence-corrected chi connectivity index (χ0v) is 13.6. The maximum Gasteiger partial charge on any atom is 0.121 e. The fourth-order valence-electron chi connectivity index (χ4n) is 2.27. The fraction of sp³-hybridized carbons (Fsp3) is 0.412. The van der Waals surface area contributed by atoms with Crippen molar-refractivity contribution < 1.29 is 4.42 Å². The van der Waals surface area contributed by atoms with Gasteiger partial charge in [-0.1, -0.05) is 61.8 Å². The van der Waals surface area contributed by atoms with Crippen LogP contribution in [0.15, 0.2) is 41.0 Å². The highest BCUT2D eigenvalue weighted by Crippen LogP contribution is 2.37. The molecule has 0 N–H and O–H groups in total. The third-order valence-corrected chi connectivity index (χ3v) is 4.41. The van der Waals surface area contributed by atoms with Crippen molar-refractivity contribution in [2.75, 3.05) is 0 Å². The Labute approximate surface area is 124 Å². The van der Waals surface area contributed by atoms with Crippen LogP contribution >= 0.6 is 15.9 Å². The number of halogens is 1. The zero-order chi connectivity index (χ0) is 14.0. The number of benzene rings is 1. The molecule has 1 aromatic carbocycles. The molecule has 0 saturated carbocycles. The first-order valence-electron chi connectivity index (χ1n) is 6.82. The van der Waals surface area contributed by atoms with Crippen LogP contribution in [0.25, 0.3) is 0 Å². The van der Waals surface area contributed by atoms with Crippen LogP contribution in [-0.2, 0) is 0 Å². The molecule has 0 spiro atoms. The van der Waals surface area contributed by atoms with Gasteiger partial charge in [0.25, 0.3) is 0 Å². The number of rotatable bonds is 4. The highest BCUT2D eigenvalue weighted by atomic mass is 79.9. The van der Waals surface area contributed by atoms with Crippen LogP contribution in [0.4, 0.5) is 0 Å². The second kappa shape index (κ2) is 5.96. The summed E-state index contributed by atoms with van der Waals surface area (Å²) >= 11 is 3.76. The average molecular weight is 321 g/mol. The molecule has 1 heterocycles. The first-order chi connectivity index (χ1) is 9.00. The van der Waals surface area contributed by atoms with Crippen molar-refractivity contribution in [2.24, 2.45) is 0 Å². The Morgan fingerprint density at radius 1 is 0.947 bits per heavy atom. The third-order valence-electron chi connectivity index (χ3n) is 3.47. The van der Waals surface area contributed by atoms with E-state index in [1.165, 1.54) is 16.7 Å². The molecular formula is C17H21BrO. The molecule has 102 valence electrons. The lowest BCUT2D eigenvalue weighted by molar-refractivity contribution is 0.519. The SMILES string of the molecule is CC(C)c1ccc(C(Br)c2ccco2)c(C(C)C)c1. The van der Waals surface area contributed by atoms with Crippen LogP contribution in [0.3, 0.4) is 0 Å². The normalized spacial score (nSPS) is 13.2. The van der Waals surface area contributed by atoms with E-state index in [1.54, 1.807) is 6.26 Å². The summed E-state index contributed by atoms with van der Waals surface area (Å²) in [5.41, 5.74) is 4.09. The maximum absolute atomic E-state index is 5.52. The van der Waals surface area contributed by atoms with Gasteiger partial charge < -0.3 is 4.42 Å². The van der Waals surface area contributed by atoms with Gasteiger partial charge in [0.05, 0.1) is 11.1 Å². The van der Waals surface area contributed by atoms with E-state index in [1.807, 2.05) is 12.1 Å². The summed E-state index contributed by atoms with van der Waals surface area (Å²) in [6.45, 7) is 8.95. The van der Waals surface area contributed by atoms with Crippen LogP contribution in [0, 0.1) is 0 Å². The summed E-state index contributed by atoms with van der Waals surface area (Å²) in [5, 5.41) is 0. The fourth-order valence-corrected chi connectivity index (χ4v) is 2.95. The average Bonchev–Trinajstić information content (AvgIpc) is 2.90. The van der Waals surface area contributed by atoms with E-state index in [0.717, 1.165) is 5.76 Å². The van der Waals surface area contributed by atoms with Gasteiger partial charge in [-0.15, -0.1) is 0 Å². The summed E-state index contributed by atoms with van der Waals surface area (Å²) in [6.07, 6.45) is 1.72. The van der Waals surface area contributed by atoms with E-state index in [2.05, 4.69) is 61.8 Å². The Morgan fingerprint density at radius 2 is 1.68 bits per heavy atom. The van der Waals surface area contributed by atoms with Gasteiger partial charge in [-0.2, -0.15) is 0 Å². The number of hydrogen-bond acceptors (Lipinski definition) is 1. The molecule has 2 rings (SSSR count). The first kappa shape index (κ1) is 14.4. The number of alkyl halides is 1. The predicted octanol–water partition coefficient (Wildman–Crippen LogP) is 6.01. The lowest BCUT2D eigenvalue weighted by Crippen LogP contribution is -2.02. The highest BCUT2D eigenvalue weighted by molar-refractivity contribution is 9.09. The van der Waals surface area contributed by atoms with Crippen molar-refractivity contribution in [2.45, 2.75) is 44.4 Å². The molecule has 1 atom stereocenters. The summed E-state index contributed by atoms with van der Waals surface area (Å²) in [7, 11) is 0. The van der Waals surface area contributed by atoms with Crippen molar-refractivity contribution >= 4 is 15.9 Å². The van der Waals surface area contributed by atoms with Gasteiger partial charge in [0, 0.05) is 0 Å². The maximum atomic E-state index is 5.52. The second-order valence-corrected chi connectivity index (χ2v) is 6.49. The van der Waals surface area contributed by atoms with Crippen molar-refractivity contribution in [3.05, 3.63) is 59.0 Å². The van der Waals surface area contributed by atoms with Crippen molar-refractivity contribution in [1.82, 2.24) is 0 Å². The minimum absolute atomic E-state index is 0.126. The van der Waals surface area contributed by atoms with Crippen molar-refractivity contribution in [1.29, 1.82) is 0 Å². The third kappa shape index (κ3) is 3.11. The smallest absolute Gasteiger partial charge is 0.121 e. The number of hydrogen-bond donors (Lipinski definition) is 0. The summed E-state index contributed by atoms with van der Waals surface area (Å²) < 4.78 is 5.52. The van der Waals surface area contributed by atoms with Gasteiger partial charge in [0.1, 0.15) is 5.76 Å². The van der Waals surface area contributed by atoms with E-state index in [9.17, 15) is 0 Å². The van der Waals surface area contributed by atoms with E-state index >= 15 is 0 Å². The van der Waals surface area contributed by atoms with E-state index in [4.69, 9.17) is 4.42 Å². The van der Waals surface area contributed by atoms with Gasteiger partial charge in [-0.05, 0) is 40.7 Å². The molecule has 0 radical (unpaired) electrons. The van der Waals surface area contributed by atoms with Gasteiger partial charge in [-0.3, -0.25) is 0 Å². The Balaban J connectivity index is 2.45. The zero-order valence-electron chi connectivity index (χ0n) is 12.0. The summed E-state index contributed by atoms with van der Waals surface area (Å²) in [6, 6.07) is 10.7. The quantitative estimate of drug-likeness (QED) is 0.628. The van der Waals surface area contributed by atoms with Crippen LogP contribution in [-0.4, -0.2) is 0 Å². The minimum atomic E-state index is 0.126. The molecule has 0 aliphatic heterocycles. The molecule has 0 bridgehead atoms. The highest BCUT2D eigenvalue weighted by Gasteiger charge is 2.19. The van der Waals surface area contributed by atoms with E-state index in [0.29, 0.717) is 11.8 Å². The molecule has 1 aromatic heterocycles. The molecule has 0 amide bonds. The molecule has 0 fully saturated rings. The Bertz CT molecular complexity index is 526. The van der Waals surface area contributed by atoms with E-state index < -0.39 is 0 Å². The minimum Gasteiger partial charge on any atom is -0.468 e. The monoisotopic (exact) mass is 320 g/mol. The summed E-state index contributed by atoms with van der Waals surface area (Å²) in [4.78, 5) is 0.126. The van der Waals surface area contributed by atoms with Gasteiger partial charge in [-0.25, -0.2) is 0 Å². The lowest BCUT2D eigenvalue weighted by atomic mass is 9.90. The van der Waals surface area contributed by atoms with Crippen LogP contribution in [0.2, 0.25) is 0 Å². The lowest BCUT2D eigenvalue weighted by Gasteiger charge is -2.19. The Morgan fingerprint density at radius 3 is 2.21 bits per heavy atom. The molecular weight excluding hydrogens is 300 g/mol. The molecule has 1 unspecified atom stereocenters. The molecule has 0 saturated heterocycles. The molecule has 2 heteroatoms. The van der Waals surface area contributed by atoms with Crippen molar-refractivity contribution in [3.63, 3.8) is 0 Å². The molecule has 0 aliphatic carbocycles. The Hall–Kier alpha value is -1.02. The van der Waals surface area contributed by atoms with Gasteiger partial charge >= 0.3 is 0 Å². The topological polar surface area (TPSA) is 13.1 Å². The van der Waals surface area contributed by atoms with E-state index in [-0.39, 0.29) is 4.83 Å². The Kier molecular flexibility index (Phi) is 4.51. The van der Waals surface area contributed by atoms with Crippen molar-refractivity contribution in [3.8, 4) is 0 Å². The standard InChI is InChI=1S/C17H21BrO/c1-11(2)13-7-8-14(15(10-13)12(3)4)17(18)16-6-5-9-19-16/h5-12,17H,1-4H3. The summed E-state index contributed by atoms with van der Waals surface area (Å²) in [5.74, 6) is 2.02. The molecule has 2 aromatic rings. The molecule has 1 nitrogen and oxygen atoms in total. The number of furan rings is 1. The second-order valence-electron chi connectivity index (χ2n) is 5.58. The first-order valence-corrected chi connectivity index (χ1v) is 7.73.